The van der Waals surface area contributed by atoms with Crippen molar-refractivity contribution < 1.29 is 9.90 Å². The van der Waals surface area contributed by atoms with Crippen LogP contribution in [0.3, 0.4) is 0 Å². The predicted molar refractivity (Wildman–Crippen MR) is 87.4 cm³/mol. The van der Waals surface area contributed by atoms with Gasteiger partial charge in [-0.25, -0.2) is 19.4 Å². The van der Waals surface area contributed by atoms with E-state index in [-0.39, 0.29) is 11.1 Å². The summed E-state index contributed by atoms with van der Waals surface area (Å²) >= 11 is 2.15. The quantitative estimate of drug-likeness (QED) is 0.644. The van der Waals surface area contributed by atoms with Gasteiger partial charge in [-0.1, -0.05) is 0 Å². The largest absolute Gasteiger partial charge is 0.465 e. The first-order valence-corrected chi connectivity index (χ1v) is 8.19. The molecule has 2 aromatic rings. The minimum absolute atomic E-state index is 0.176. The smallest absolute Gasteiger partial charge is 0.405 e. The van der Waals surface area contributed by atoms with E-state index >= 15 is 0 Å². The predicted octanol–water partition coefficient (Wildman–Crippen LogP) is 1.69. The molecule has 9 heteroatoms. The Morgan fingerprint density at radius 3 is 2.77 bits per heavy atom. The van der Waals surface area contributed by atoms with Gasteiger partial charge in [-0.3, -0.25) is 0 Å². The van der Waals surface area contributed by atoms with Crippen LogP contribution in [0.4, 0.5) is 10.6 Å². The Labute approximate surface area is 139 Å². The third-order valence-electron chi connectivity index (χ3n) is 5.08. The fourth-order valence-corrected chi connectivity index (χ4v) is 4.86. The lowest BCUT2D eigenvalue weighted by Gasteiger charge is -2.28. The summed E-state index contributed by atoms with van der Waals surface area (Å²) in [6, 6.07) is 0. The van der Waals surface area contributed by atoms with Gasteiger partial charge in [0.05, 0.1) is 10.9 Å². The van der Waals surface area contributed by atoms with Crippen molar-refractivity contribution in [2.24, 2.45) is 0 Å². The normalized spacial score (nSPS) is 30.0. The van der Waals surface area contributed by atoms with Crippen LogP contribution in [0.2, 0.25) is 0 Å². The Balaban J connectivity index is 1.81. The number of carbonyl (C=O) groups is 1. The molecular formula is C13H15IN6O2. The molecule has 0 radical (unpaired) electrons. The van der Waals surface area contributed by atoms with Crippen LogP contribution in [-0.4, -0.2) is 36.5 Å². The fraction of sp³-hybridized carbons (Fsp3) is 0.538. The second kappa shape index (κ2) is 4.43. The number of carboxylic acid groups (broad SMARTS) is 1. The van der Waals surface area contributed by atoms with Gasteiger partial charge < -0.3 is 16.2 Å². The number of aromatic nitrogens is 4. The molecule has 116 valence electrons. The van der Waals surface area contributed by atoms with Crippen molar-refractivity contribution in [1.82, 2.24) is 25.1 Å². The number of hydrogen-bond donors (Lipinski definition) is 3. The van der Waals surface area contributed by atoms with Crippen LogP contribution in [0.1, 0.15) is 32.1 Å². The molecule has 2 aromatic heterocycles. The average Bonchev–Trinajstić information content (AvgIpc) is 3.09. The highest BCUT2D eigenvalue weighted by molar-refractivity contribution is 14.1. The maximum atomic E-state index is 11.1. The van der Waals surface area contributed by atoms with Crippen LogP contribution >= 0.6 is 22.6 Å². The standard InChI is InChI=1S/C13H15IN6O2/c14-8-7-9(15)16-6-17-10(7)20(19-8)13-3-1-12(5-13,2-4-13)18-11(21)22/h6,18H,1-5H2,(H,21,22)(H2,15,16,17). The number of rotatable bonds is 2. The average molecular weight is 414 g/mol. The van der Waals surface area contributed by atoms with Crippen molar-refractivity contribution in [1.29, 1.82) is 0 Å². The van der Waals surface area contributed by atoms with Crippen LogP contribution in [0.25, 0.3) is 11.0 Å². The second-order valence-electron chi connectivity index (χ2n) is 6.27. The number of amides is 1. The summed E-state index contributed by atoms with van der Waals surface area (Å²) in [7, 11) is 0. The zero-order valence-corrected chi connectivity index (χ0v) is 13.9. The maximum absolute atomic E-state index is 11.1. The molecule has 2 fully saturated rings. The first kappa shape index (κ1) is 14.0. The third kappa shape index (κ3) is 1.80. The zero-order chi connectivity index (χ0) is 15.5. The van der Waals surface area contributed by atoms with Gasteiger partial charge in [-0.15, -0.1) is 0 Å². The lowest BCUT2D eigenvalue weighted by Crippen LogP contribution is -2.44. The van der Waals surface area contributed by atoms with Gasteiger partial charge >= 0.3 is 6.09 Å². The van der Waals surface area contributed by atoms with E-state index in [2.05, 4.69) is 43.0 Å². The number of nitrogens with two attached hydrogens (primary N) is 1. The molecular weight excluding hydrogens is 399 g/mol. The zero-order valence-electron chi connectivity index (χ0n) is 11.7. The number of halogens is 1. The summed E-state index contributed by atoms with van der Waals surface area (Å²) in [5.41, 5.74) is 6.20. The molecule has 0 atom stereocenters. The van der Waals surface area contributed by atoms with Crippen molar-refractivity contribution in [2.75, 3.05) is 5.73 Å². The maximum Gasteiger partial charge on any atom is 0.405 e. The van der Waals surface area contributed by atoms with Gasteiger partial charge in [-0.05, 0) is 54.7 Å². The van der Waals surface area contributed by atoms with Crippen molar-refractivity contribution in [2.45, 2.75) is 43.2 Å². The van der Waals surface area contributed by atoms with Gasteiger partial charge in [0.1, 0.15) is 15.8 Å². The van der Waals surface area contributed by atoms with Gasteiger partial charge in [0.2, 0.25) is 0 Å². The van der Waals surface area contributed by atoms with Crippen LogP contribution in [0, 0.1) is 3.70 Å². The Bertz CT molecular complexity index is 780. The third-order valence-corrected chi connectivity index (χ3v) is 5.83. The van der Waals surface area contributed by atoms with Crippen molar-refractivity contribution in [3.63, 3.8) is 0 Å². The first-order valence-electron chi connectivity index (χ1n) is 7.11. The van der Waals surface area contributed by atoms with E-state index in [1.807, 2.05) is 4.68 Å². The van der Waals surface area contributed by atoms with Gasteiger partial charge in [0, 0.05) is 5.54 Å². The molecule has 2 bridgehead atoms. The highest BCUT2D eigenvalue weighted by Gasteiger charge is 2.57. The molecule has 1 amide bonds. The SMILES string of the molecule is Nc1ncnc2c1c(I)nn2C12CCC(NC(=O)O)(CC1)C2. The molecule has 0 spiro atoms. The Morgan fingerprint density at radius 2 is 2.09 bits per heavy atom. The summed E-state index contributed by atoms with van der Waals surface area (Å²) < 4.78 is 2.75. The minimum atomic E-state index is -0.954. The number of fused-ring (bicyclic) bond motifs is 3. The molecule has 8 nitrogen and oxygen atoms in total. The molecule has 2 heterocycles. The fourth-order valence-electron chi connectivity index (χ4n) is 4.12. The number of anilines is 1. The van der Waals surface area contributed by atoms with Gasteiger partial charge in [-0.2, -0.15) is 5.10 Å². The van der Waals surface area contributed by atoms with Gasteiger partial charge in [0.25, 0.3) is 0 Å². The van der Waals surface area contributed by atoms with Crippen molar-refractivity contribution in [3.8, 4) is 0 Å². The van der Waals surface area contributed by atoms with E-state index in [1.165, 1.54) is 6.33 Å². The topological polar surface area (TPSA) is 119 Å². The molecule has 22 heavy (non-hydrogen) atoms. The molecule has 0 unspecified atom stereocenters. The summed E-state index contributed by atoms with van der Waals surface area (Å²) in [5.74, 6) is 0.433. The van der Waals surface area contributed by atoms with Crippen LogP contribution < -0.4 is 11.1 Å². The van der Waals surface area contributed by atoms with Gasteiger partial charge in [0.15, 0.2) is 5.65 Å². The number of nitrogens with zero attached hydrogens (tertiary/aromatic N) is 4. The minimum Gasteiger partial charge on any atom is -0.465 e. The molecule has 2 aliphatic carbocycles. The van der Waals surface area contributed by atoms with Crippen molar-refractivity contribution in [3.05, 3.63) is 10.0 Å². The first-order chi connectivity index (χ1) is 10.4. The molecule has 4 rings (SSSR count). The van der Waals surface area contributed by atoms with E-state index in [4.69, 9.17) is 10.8 Å². The Morgan fingerprint density at radius 1 is 1.36 bits per heavy atom. The van der Waals surface area contributed by atoms with E-state index in [0.717, 1.165) is 46.8 Å². The molecule has 2 aliphatic rings. The molecule has 0 saturated heterocycles. The summed E-state index contributed by atoms with van der Waals surface area (Å²) in [6.07, 6.45) is 4.70. The summed E-state index contributed by atoms with van der Waals surface area (Å²) in [6.45, 7) is 0. The van der Waals surface area contributed by atoms with Crippen molar-refractivity contribution >= 4 is 45.5 Å². The van der Waals surface area contributed by atoms with E-state index < -0.39 is 6.09 Å². The Kier molecular flexibility index (Phi) is 2.81. The summed E-state index contributed by atoms with van der Waals surface area (Å²) in [5, 5.41) is 17.3. The van der Waals surface area contributed by atoms with E-state index in [9.17, 15) is 4.79 Å². The van der Waals surface area contributed by atoms with E-state index in [0.29, 0.717) is 5.82 Å². The molecule has 0 aliphatic heterocycles. The highest BCUT2D eigenvalue weighted by Crippen LogP contribution is 2.55. The lowest BCUT2D eigenvalue weighted by molar-refractivity contribution is 0.177. The number of hydrogen-bond acceptors (Lipinski definition) is 5. The molecule has 4 N–H and O–H groups in total. The number of nitrogens with one attached hydrogen (secondary N) is 1. The molecule has 0 aromatic carbocycles. The van der Waals surface area contributed by atoms with Crippen LogP contribution in [0.15, 0.2) is 6.33 Å². The number of nitrogen functional groups attached to an aromatic ring is 1. The monoisotopic (exact) mass is 414 g/mol. The van der Waals surface area contributed by atoms with Crippen LogP contribution in [0.5, 0.6) is 0 Å². The van der Waals surface area contributed by atoms with E-state index in [1.54, 1.807) is 0 Å². The Hall–Kier alpha value is -1.65. The molecule has 2 saturated carbocycles. The second-order valence-corrected chi connectivity index (χ2v) is 7.29. The lowest BCUT2D eigenvalue weighted by atomic mass is 9.91. The summed E-state index contributed by atoms with van der Waals surface area (Å²) in [4.78, 5) is 19.5. The van der Waals surface area contributed by atoms with Crippen LogP contribution in [-0.2, 0) is 5.54 Å². The highest BCUT2D eigenvalue weighted by atomic mass is 127.